The van der Waals surface area contributed by atoms with Crippen LogP contribution in [0, 0.1) is 0 Å². The fourth-order valence-corrected chi connectivity index (χ4v) is 2.35. The highest BCUT2D eigenvalue weighted by Gasteiger charge is 2.32. The molecular formula is C13H12F3NS. The van der Waals surface area contributed by atoms with E-state index in [4.69, 9.17) is 0 Å². The molecule has 0 atom stereocenters. The summed E-state index contributed by atoms with van der Waals surface area (Å²) in [5, 5.41) is 6.94. The van der Waals surface area contributed by atoms with Crippen molar-refractivity contribution in [1.82, 2.24) is 5.32 Å². The number of rotatable bonds is 4. The highest BCUT2D eigenvalue weighted by atomic mass is 32.1. The van der Waals surface area contributed by atoms with Crippen LogP contribution in [0.15, 0.2) is 41.1 Å². The lowest BCUT2D eigenvalue weighted by Crippen LogP contribution is -2.16. The third kappa shape index (κ3) is 3.34. The van der Waals surface area contributed by atoms with Crippen LogP contribution in [0.4, 0.5) is 13.2 Å². The fourth-order valence-electron chi connectivity index (χ4n) is 1.69. The van der Waals surface area contributed by atoms with Gasteiger partial charge < -0.3 is 5.32 Å². The molecule has 0 fully saturated rings. The summed E-state index contributed by atoms with van der Waals surface area (Å²) in [4.78, 5) is 0. The van der Waals surface area contributed by atoms with E-state index in [0.29, 0.717) is 6.54 Å². The van der Waals surface area contributed by atoms with Gasteiger partial charge in [0.2, 0.25) is 0 Å². The van der Waals surface area contributed by atoms with Crippen LogP contribution in [0.25, 0.3) is 0 Å². The summed E-state index contributed by atoms with van der Waals surface area (Å²) >= 11 is 1.57. The van der Waals surface area contributed by atoms with Gasteiger partial charge in [0.25, 0.3) is 0 Å². The van der Waals surface area contributed by atoms with Crippen molar-refractivity contribution in [2.45, 2.75) is 19.3 Å². The van der Waals surface area contributed by atoms with Crippen LogP contribution in [-0.4, -0.2) is 0 Å². The van der Waals surface area contributed by atoms with Gasteiger partial charge in [-0.25, -0.2) is 0 Å². The molecule has 96 valence electrons. The van der Waals surface area contributed by atoms with E-state index in [2.05, 4.69) is 5.32 Å². The second-order valence-electron chi connectivity index (χ2n) is 3.89. The largest absolute Gasteiger partial charge is 0.416 e. The molecule has 1 N–H and O–H groups in total. The Balaban J connectivity index is 2.01. The number of hydrogen-bond donors (Lipinski definition) is 1. The lowest BCUT2D eigenvalue weighted by molar-refractivity contribution is -0.138. The van der Waals surface area contributed by atoms with E-state index in [0.717, 1.165) is 11.6 Å². The maximum Gasteiger partial charge on any atom is 0.416 e. The molecule has 0 amide bonds. The molecule has 1 heterocycles. The summed E-state index contributed by atoms with van der Waals surface area (Å²) in [6.45, 7) is 0.793. The van der Waals surface area contributed by atoms with Crippen molar-refractivity contribution in [2.75, 3.05) is 0 Å². The van der Waals surface area contributed by atoms with Gasteiger partial charge in [-0.05, 0) is 34.0 Å². The molecule has 18 heavy (non-hydrogen) atoms. The normalized spacial score (nSPS) is 11.7. The molecule has 0 saturated heterocycles. The molecule has 1 nitrogen and oxygen atoms in total. The summed E-state index contributed by atoms with van der Waals surface area (Å²) in [7, 11) is 0. The van der Waals surface area contributed by atoms with Crippen molar-refractivity contribution >= 4 is 11.3 Å². The van der Waals surface area contributed by atoms with Gasteiger partial charge >= 0.3 is 6.18 Å². The maximum absolute atomic E-state index is 12.7. The van der Waals surface area contributed by atoms with Crippen molar-refractivity contribution < 1.29 is 13.2 Å². The highest BCUT2D eigenvalue weighted by molar-refractivity contribution is 7.07. The Hall–Kier alpha value is -1.33. The van der Waals surface area contributed by atoms with Crippen molar-refractivity contribution in [2.24, 2.45) is 0 Å². The Labute approximate surface area is 107 Å². The van der Waals surface area contributed by atoms with Crippen molar-refractivity contribution in [3.05, 3.63) is 57.8 Å². The zero-order valence-corrected chi connectivity index (χ0v) is 10.3. The summed E-state index contributed by atoms with van der Waals surface area (Å²) in [6.07, 6.45) is -4.29. The van der Waals surface area contributed by atoms with E-state index >= 15 is 0 Å². The van der Waals surface area contributed by atoms with Crippen molar-refractivity contribution in [3.63, 3.8) is 0 Å². The summed E-state index contributed by atoms with van der Waals surface area (Å²) < 4.78 is 38.2. The first-order valence-electron chi connectivity index (χ1n) is 5.44. The minimum atomic E-state index is -4.29. The second-order valence-corrected chi connectivity index (χ2v) is 4.67. The van der Waals surface area contributed by atoms with Crippen LogP contribution in [0.5, 0.6) is 0 Å². The highest BCUT2D eigenvalue weighted by Crippen LogP contribution is 2.31. The van der Waals surface area contributed by atoms with Crippen LogP contribution in [-0.2, 0) is 19.3 Å². The van der Waals surface area contributed by atoms with Gasteiger partial charge in [0, 0.05) is 13.1 Å². The zero-order valence-electron chi connectivity index (χ0n) is 9.50. The monoisotopic (exact) mass is 271 g/mol. The van der Waals surface area contributed by atoms with E-state index in [1.807, 2.05) is 16.8 Å². The second kappa shape index (κ2) is 5.54. The Morgan fingerprint density at radius 2 is 1.83 bits per heavy atom. The molecule has 5 heteroatoms. The number of alkyl halides is 3. The van der Waals surface area contributed by atoms with Gasteiger partial charge in [-0.2, -0.15) is 24.5 Å². The van der Waals surface area contributed by atoms with Gasteiger partial charge in [0.1, 0.15) is 0 Å². The van der Waals surface area contributed by atoms with Crippen LogP contribution >= 0.6 is 11.3 Å². The minimum Gasteiger partial charge on any atom is -0.309 e. The molecule has 1 aromatic heterocycles. The molecule has 0 aliphatic carbocycles. The Morgan fingerprint density at radius 3 is 2.50 bits per heavy atom. The first-order chi connectivity index (χ1) is 8.57. The molecule has 0 aliphatic heterocycles. The molecule has 1 aromatic carbocycles. The van der Waals surface area contributed by atoms with Crippen molar-refractivity contribution in [3.8, 4) is 0 Å². The smallest absolute Gasteiger partial charge is 0.309 e. The quantitative estimate of drug-likeness (QED) is 0.884. The first-order valence-corrected chi connectivity index (χ1v) is 6.38. The van der Waals surface area contributed by atoms with Crippen LogP contribution in [0.3, 0.4) is 0 Å². The molecule has 0 aliphatic rings. The number of nitrogens with one attached hydrogen (secondary N) is 1. The molecule has 0 radical (unpaired) electrons. The molecule has 2 aromatic rings. The average molecular weight is 271 g/mol. The SMILES string of the molecule is FC(F)(F)c1ccccc1CNCc1ccsc1. The van der Waals surface area contributed by atoms with Crippen LogP contribution < -0.4 is 5.32 Å². The number of halogens is 3. The van der Waals surface area contributed by atoms with E-state index < -0.39 is 11.7 Å². The third-order valence-corrected chi connectivity index (χ3v) is 3.28. The third-order valence-electron chi connectivity index (χ3n) is 2.55. The van der Waals surface area contributed by atoms with E-state index in [1.165, 1.54) is 12.1 Å². The summed E-state index contributed by atoms with van der Waals surface area (Å²) in [6, 6.07) is 7.60. The number of hydrogen-bond acceptors (Lipinski definition) is 2. The summed E-state index contributed by atoms with van der Waals surface area (Å²) in [5.41, 5.74) is 0.799. The standard InChI is InChI=1S/C13H12F3NS/c14-13(15,16)12-4-2-1-3-11(12)8-17-7-10-5-6-18-9-10/h1-6,9,17H,7-8H2. The number of benzene rings is 1. The topological polar surface area (TPSA) is 12.0 Å². The maximum atomic E-state index is 12.7. The van der Waals surface area contributed by atoms with Gasteiger partial charge in [0.15, 0.2) is 0 Å². The first kappa shape index (κ1) is 13.1. The molecular weight excluding hydrogens is 259 g/mol. The fraction of sp³-hybridized carbons (Fsp3) is 0.231. The van der Waals surface area contributed by atoms with Gasteiger partial charge in [-0.15, -0.1) is 0 Å². The average Bonchev–Trinajstić information content (AvgIpc) is 2.81. The lowest BCUT2D eigenvalue weighted by Gasteiger charge is -2.12. The van der Waals surface area contributed by atoms with E-state index in [-0.39, 0.29) is 12.1 Å². The Bertz CT molecular complexity index is 491. The summed E-state index contributed by atoms with van der Waals surface area (Å²) in [5.74, 6) is 0. The van der Waals surface area contributed by atoms with Gasteiger partial charge in [-0.1, -0.05) is 18.2 Å². The lowest BCUT2D eigenvalue weighted by atomic mass is 10.1. The molecule has 2 rings (SSSR count). The Kier molecular flexibility index (Phi) is 4.04. The van der Waals surface area contributed by atoms with Gasteiger partial charge in [0.05, 0.1) is 5.56 Å². The van der Waals surface area contributed by atoms with Crippen LogP contribution in [0.2, 0.25) is 0 Å². The number of thiophene rings is 1. The van der Waals surface area contributed by atoms with Crippen LogP contribution in [0.1, 0.15) is 16.7 Å². The predicted octanol–water partition coefficient (Wildman–Crippen LogP) is 4.06. The Morgan fingerprint density at radius 1 is 1.06 bits per heavy atom. The molecule has 0 unspecified atom stereocenters. The van der Waals surface area contributed by atoms with E-state index in [1.54, 1.807) is 17.4 Å². The predicted molar refractivity (Wildman–Crippen MR) is 66.3 cm³/mol. The van der Waals surface area contributed by atoms with Gasteiger partial charge in [-0.3, -0.25) is 0 Å². The molecule has 0 spiro atoms. The zero-order chi connectivity index (χ0) is 13.0. The molecule has 0 saturated carbocycles. The van der Waals surface area contributed by atoms with E-state index in [9.17, 15) is 13.2 Å². The minimum absolute atomic E-state index is 0.214. The molecule has 0 bridgehead atoms. The van der Waals surface area contributed by atoms with Crippen molar-refractivity contribution in [1.29, 1.82) is 0 Å².